The average molecular weight is 1760 g/mol. The number of fused-ring (bicyclic) bond motifs is 7. The van der Waals surface area contributed by atoms with Gasteiger partial charge in [0.1, 0.15) is 45.4 Å². The lowest BCUT2D eigenvalue weighted by Crippen LogP contribution is -1.95. The second-order valence-electron chi connectivity index (χ2n) is 35.4. The first-order valence-electron chi connectivity index (χ1n) is 47.1. The molecule has 0 atom stereocenters. The molecule has 0 unspecified atom stereocenters. The van der Waals surface area contributed by atoms with Crippen LogP contribution in [0.15, 0.2) is 539 Å². The van der Waals surface area contributed by atoms with Crippen molar-refractivity contribution in [3.63, 3.8) is 0 Å². The molecule has 0 aliphatic rings. The van der Waals surface area contributed by atoms with Crippen molar-refractivity contribution >= 4 is 76.2 Å². The molecular weight excluding hydrogens is 1670 g/mol. The van der Waals surface area contributed by atoms with Gasteiger partial charge in [-0.05, 0) is 234 Å². The average Bonchev–Trinajstić information content (AvgIpc) is 1.06. The SMILES string of the molecule is c1ccc(-c2ccccc2-c2cc(-c3ccc4oc(-c5ccccc5)c(-c5ccccc5)c4c3)c(-c3cccc4ccccc34)cc2-c2ccc3oc(-c4ccccc4)c(-c4ccccc4)c3c2)cc1.c1ccc(-c2oc3ccc(-c4cc(-c5cccc6ccccc56)c(-c5ccc6oc(-c7ccccc7)c(-c7ccccc7)c6c5)cc4-c4ccc5ccccc5c4)cc3c2-c2ccccc2)cc1. The van der Waals surface area contributed by atoms with E-state index in [1.54, 1.807) is 0 Å². The molecule has 0 radical (unpaired) electrons. The summed E-state index contributed by atoms with van der Waals surface area (Å²) in [7, 11) is 0. The molecule has 22 aromatic carbocycles. The summed E-state index contributed by atoms with van der Waals surface area (Å²) in [5, 5.41) is 11.5. The molecule has 26 aromatic rings. The topological polar surface area (TPSA) is 52.6 Å². The summed E-state index contributed by atoms with van der Waals surface area (Å²) in [6, 6.07) is 187. The van der Waals surface area contributed by atoms with Crippen molar-refractivity contribution in [2.75, 3.05) is 0 Å². The Hall–Kier alpha value is -18.2. The Bertz CT molecular complexity index is 9060. The molecule has 0 fully saturated rings. The molecule has 4 heterocycles. The van der Waals surface area contributed by atoms with Gasteiger partial charge in [-0.1, -0.05) is 443 Å². The highest BCUT2D eigenvalue weighted by molar-refractivity contribution is 6.14. The minimum atomic E-state index is 0.844. The van der Waals surface area contributed by atoms with Crippen LogP contribution in [0.2, 0.25) is 0 Å². The fourth-order valence-corrected chi connectivity index (χ4v) is 20.7. The van der Waals surface area contributed by atoms with Gasteiger partial charge in [-0.3, -0.25) is 0 Å². The van der Waals surface area contributed by atoms with Gasteiger partial charge in [0.15, 0.2) is 0 Å². The highest BCUT2D eigenvalue weighted by Crippen LogP contribution is 2.54. The summed E-state index contributed by atoms with van der Waals surface area (Å²) < 4.78 is 27.3. The quantitative estimate of drug-likeness (QED) is 0.0912. The van der Waals surface area contributed by atoms with Crippen LogP contribution in [0.4, 0.5) is 0 Å². The van der Waals surface area contributed by atoms with E-state index in [-0.39, 0.29) is 0 Å². The smallest absolute Gasteiger partial charge is 0.143 e. The monoisotopic (exact) mass is 1760 g/mol. The first-order chi connectivity index (χ1) is 68.4. The first-order valence-corrected chi connectivity index (χ1v) is 47.1. The largest absolute Gasteiger partial charge is 0.455 e. The first kappa shape index (κ1) is 81.7. The third-order valence-electron chi connectivity index (χ3n) is 27.2. The van der Waals surface area contributed by atoms with Crippen LogP contribution in [-0.4, -0.2) is 0 Å². The molecule has 0 aliphatic carbocycles. The van der Waals surface area contributed by atoms with Crippen molar-refractivity contribution in [3.05, 3.63) is 522 Å². The molecule has 0 bridgehead atoms. The van der Waals surface area contributed by atoms with E-state index in [9.17, 15) is 0 Å². The molecule has 4 nitrogen and oxygen atoms in total. The molecule has 0 saturated heterocycles. The Balaban J connectivity index is 0.000000146. The van der Waals surface area contributed by atoms with Gasteiger partial charge in [0, 0.05) is 66.1 Å². The van der Waals surface area contributed by atoms with Crippen molar-refractivity contribution in [1.29, 1.82) is 0 Å². The van der Waals surface area contributed by atoms with Gasteiger partial charge in [-0.25, -0.2) is 0 Å². The van der Waals surface area contributed by atoms with Gasteiger partial charge >= 0.3 is 0 Å². The zero-order valence-electron chi connectivity index (χ0n) is 75.3. The van der Waals surface area contributed by atoms with Crippen molar-refractivity contribution in [1.82, 2.24) is 0 Å². The molecule has 4 heteroatoms. The highest BCUT2D eigenvalue weighted by Gasteiger charge is 2.29. The molecule has 0 spiro atoms. The van der Waals surface area contributed by atoms with Gasteiger partial charge in [0.05, 0.1) is 0 Å². The highest BCUT2D eigenvalue weighted by atomic mass is 16.3. The Morgan fingerprint density at radius 2 is 0.326 bits per heavy atom. The predicted molar refractivity (Wildman–Crippen MR) is 577 cm³/mol. The van der Waals surface area contributed by atoms with E-state index in [0.717, 1.165) is 223 Å². The summed E-state index contributed by atoms with van der Waals surface area (Å²) in [6.45, 7) is 0. The van der Waals surface area contributed by atoms with E-state index in [1.807, 2.05) is 0 Å². The Morgan fingerprint density at radius 1 is 0.101 bits per heavy atom. The maximum atomic E-state index is 6.84. The maximum Gasteiger partial charge on any atom is 0.143 e. The lowest BCUT2D eigenvalue weighted by atomic mass is 9.82. The predicted octanol–water partition coefficient (Wildman–Crippen LogP) is 38.2. The second-order valence-corrected chi connectivity index (χ2v) is 35.4. The zero-order valence-corrected chi connectivity index (χ0v) is 75.3. The molecule has 4 aromatic heterocycles. The Labute approximate surface area is 799 Å². The molecular formula is C134H86O4. The van der Waals surface area contributed by atoms with E-state index in [1.165, 1.54) is 43.4 Å². The van der Waals surface area contributed by atoms with Crippen molar-refractivity contribution in [2.45, 2.75) is 0 Å². The molecule has 0 aliphatic heterocycles. The molecule has 26 rings (SSSR count). The van der Waals surface area contributed by atoms with Crippen LogP contribution in [0.25, 0.3) is 266 Å². The summed E-state index contributed by atoms with van der Waals surface area (Å²) in [5.74, 6) is 3.46. The number of hydrogen-bond donors (Lipinski definition) is 0. The molecule has 646 valence electrons. The van der Waals surface area contributed by atoms with E-state index < -0.39 is 0 Å². The third kappa shape index (κ3) is 15.0. The molecule has 0 N–H and O–H groups in total. The minimum Gasteiger partial charge on any atom is -0.455 e. The van der Waals surface area contributed by atoms with Gasteiger partial charge in [-0.15, -0.1) is 0 Å². The van der Waals surface area contributed by atoms with Crippen LogP contribution in [-0.2, 0) is 0 Å². The lowest BCUT2D eigenvalue weighted by molar-refractivity contribution is 0.632. The summed E-state index contributed by atoms with van der Waals surface area (Å²) in [5.41, 5.74) is 36.8. The van der Waals surface area contributed by atoms with Gasteiger partial charge in [0.2, 0.25) is 0 Å². The van der Waals surface area contributed by atoms with Gasteiger partial charge in [0.25, 0.3) is 0 Å². The Morgan fingerprint density at radius 3 is 0.659 bits per heavy atom. The third-order valence-corrected chi connectivity index (χ3v) is 27.2. The fourth-order valence-electron chi connectivity index (χ4n) is 20.7. The number of rotatable bonds is 17. The standard InChI is InChI=1S/C68H44O2.C66H42O2/c1-6-21-45(22-7-1)53-34-18-19-35-55(53)59-43-58(52-38-40-64-62(42-52)66(48-26-10-3-11-27-48)68(70-64)50-30-14-5-15-31-50)60(56-36-20-32-46-23-16-17-33-54(46)56)44-57(59)51-37-39-63-61(41-51)65(47-24-8-2-9-25-47)67(69-63)49-28-12-4-13-29-49;1-5-20-45(21-6-1)63-59-39-51(34-36-61(59)67-65(63)47-24-9-3-10-25-47)56-42-58(54-31-17-29-44-19-15-16-30-53(44)54)57(41-55(56)50-33-32-43-18-13-14-28-49(43)38-50)52-35-37-62-60(40-52)64(46-22-7-2-8-23-46)66(68-62)48-26-11-4-12-27-48/h1-44H;1-42H. The fraction of sp³-hybridized carbons (Fsp3) is 0. The summed E-state index contributed by atoms with van der Waals surface area (Å²) in [4.78, 5) is 0. The van der Waals surface area contributed by atoms with E-state index in [2.05, 4.69) is 522 Å². The number of benzene rings is 22. The normalized spacial score (nSPS) is 11.5. The molecule has 138 heavy (non-hydrogen) atoms. The van der Waals surface area contributed by atoms with Crippen LogP contribution in [0.1, 0.15) is 0 Å². The van der Waals surface area contributed by atoms with Crippen LogP contribution >= 0.6 is 0 Å². The Kier molecular flexibility index (Phi) is 21.0. The zero-order chi connectivity index (χ0) is 91.4. The van der Waals surface area contributed by atoms with Gasteiger partial charge in [-0.2, -0.15) is 0 Å². The second kappa shape index (κ2) is 35.4. The van der Waals surface area contributed by atoms with E-state index >= 15 is 0 Å². The van der Waals surface area contributed by atoms with Crippen molar-refractivity contribution in [2.24, 2.45) is 0 Å². The number of hydrogen-bond acceptors (Lipinski definition) is 4. The lowest BCUT2D eigenvalue weighted by Gasteiger charge is -2.21. The summed E-state index contributed by atoms with van der Waals surface area (Å²) in [6.07, 6.45) is 0. The van der Waals surface area contributed by atoms with E-state index in [0.29, 0.717) is 0 Å². The van der Waals surface area contributed by atoms with Crippen LogP contribution in [0, 0.1) is 0 Å². The van der Waals surface area contributed by atoms with Crippen molar-refractivity contribution in [3.8, 4) is 190 Å². The summed E-state index contributed by atoms with van der Waals surface area (Å²) >= 11 is 0. The van der Waals surface area contributed by atoms with Crippen molar-refractivity contribution < 1.29 is 17.7 Å². The maximum absolute atomic E-state index is 6.84. The van der Waals surface area contributed by atoms with Crippen LogP contribution in [0.5, 0.6) is 0 Å². The van der Waals surface area contributed by atoms with E-state index in [4.69, 9.17) is 17.7 Å². The van der Waals surface area contributed by atoms with Crippen LogP contribution < -0.4 is 0 Å². The van der Waals surface area contributed by atoms with Gasteiger partial charge < -0.3 is 17.7 Å². The van der Waals surface area contributed by atoms with Crippen LogP contribution in [0.3, 0.4) is 0 Å². The number of furan rings is 4. The molecule has 0 saturated carbocycles. The molecule has 0 amide bonds. The minimum absolute atomic E-state index is 0.844.